The molecule has 0 unspecified atom stereocenters. The first-order chi connectivity index (χ1) is 9.11. The van der Waals surface area contributed by atoms with Crippen LogP contribution in [0.3, 0.4) is 0 Å². The Kier molecular flexibility index (Phi) is 4.37. The lowest BCUT2D eigenvalue weighted by atomic mass is 10.2. The van der Waals surface area contributed by atoms with Gasteiger partial charge in [0.1, 0.15) is 11.5 Å². The van der Waals surface area contributed by atoms with E-state index in [2.05, 4.69) is 21.2 Å². The van der Waals surface area contributed by atoms with Gasteiger partial charge < -0.3 is 9.88 Å². The van der Waals surface area contributed by atoms with E-state index < -0.39 is 0 Å². The highest BCUT2D eigenvalue weighted by Gasteiger charge is 2.10. The van der Waals surface area contributed by atoms with Crippen LogP contribution < -0.4 is 5.32 Å². The summed E-state index contributed by atoms with van der Waals surface area (Å²) in [6, 6.07) is 8.23. The topological polar surface area (TPSA) is 34.0 Å². The number of amides is 1. The molecule has 2 rings (SSSR count). The van der Waals surface area contributed by atoms with E-state index in [0.717, 1.165) is 11.0 Å². The molecular formula is C14H14BrFN2O. The van der Waals surface area contributed by atoms with Crippen LogP contribution in [0, 0.1) is 5.82 Å². The molecule has 1 aromatic carbocycles. The van der Waals surface area contributed by atoms with Crippen LogP contribution in [0.15, 0.2) is 41.0 Å². The molecule has 19 heavy (non-hydrogen) atoms. The number of rotatable bonds is 4. The number of benzene rings is 1. The highest BCUT2D eigenvalue weighted by atomic mass is 79.9. The van der Waals surface area contributed by atoms with Crippen molar-refractivity contribution in [1.82, 2.24) is 9.88 Å². The van der Waals surface area contributed by atoms with E-state index in [4.69, 9.17) is 0 Å². The van der Waals surface area contributed by atoms with E-state index in [1.54, 1.807) is 18.2 Å². The van der Waals surface area contributed by atoms with Gasteiger partial charge in [-0.3, -0.25) is 4.79 Å². The van der Waals surface area contributed by atoms with Crippen molar-refractivity contribution in [3.8, 4) is 0 Å². The molecule has 1 aromatic heterocycles. The minimum Gasteiger partial charge on any atom is -0.347 e. The molecule has 0 bridgehead atoms. The summed E-state index contributed by atoms with van der Waals surface area (Å²) in [5.74, 6) is -0.527. The summed E-state index contributed by atoms with van der Waals surface area (Å²) in [6.45, 7) is 2.85. The lowest BCUT2D eigenvalue weighted by Crippen LogP contribution is -2.25. The maximum Gasteiger partial charge on any atom is 0.268 e. The monoisotopic (exact) mass is 324 g/mol. The second-order valence-electron chi connectivity index (χ2n) is 4.10. The Bertz CT molecular complexity index is 595. The summed E-state index contributed by atoms with van der Waals surface area (Å²) >= 11 is 3.28. The molecule has 0 radical (unpaired) electrons. The summed E-state index contributed by atoms with van der Waals surface area (Å²) in [4.78, 5) is 12.0. The minimum atomic E-state index is -0.325. The Morgan fingerprint density at radius 1 is 1.42 bits per heavy atom. The third-order valence-electron chi connectivity index (χ3n) is 2.85. The number of hydrogen-bond donors (Lipinski definition) is 1. The molecule has 0 fully saturated rings. The smallest absolute Gasteiger partial charge is 0.268 e. The van der Waals surface area contributed by atoms with Crippen LogP contribution >= 0.6 is 15.9 Å². The van der Waals surface area contributed by atoms with Gasteiger partial charge in [0.2, 0.25) is 0 Å². The molecule has 1 N–H and O–H groups in total. The highest BCUT2D eigenvalue weighted by Crippen LogP contribution is 2.15. The molecule has 1 amide bonds. The van der Waals surface area contributed by atoms with Gasteiger partial charge in [-0.15, -0.1) is 0 Å². The zero-order valence-corrected chi connectivity index (χ0v) is 12.1. The fourth-order valence-electron chi connectivity index (χ4n) is 1.84. The summed E-state index contributed by atoms with van der Waals surface area (Å²) in [7, 11) is 0. The second-order valence-corrected chi connectivity index (χ2v) is 5.01. The Balaban J connectivity index is 2.06. The van der Waals surface area contributed by atoms with Crippen molar-refractivity contribution in [2.24, 2.45) is 0 Å². The molecule has 0 aliphatic heterocycles. The van der Waals surface area contributed by atoms with E-state index in [1.165, 1.54) is 6.07 Å². The van der Waals surface area contributed by atoms with Gasteiger partial charge >= 0.3 is 0 Å². The third-order valence-corrected chi connectivity index (χ3v) is 3.34. The zero-order valence-electron chi connectivity index (χ0n) is 10.5. The van der Waals surface area contributed by atoms with Crippen LogP contribution in [-0.4, -0.2) is 10.5 Å². The van der Waals surface area contributed by atoms with Crippen molar-refractivity contribution in [3.63, 3.8) is 0 Å². The molecular weight excluding hydrogens is 311 g/mol. The van der Waals surface area contributed by atoms with Crippen LogP contribution in [0.5, 0.6) is 0 Å². The van der Waals surface area contributed by atoms with Crippen LogP contribution in [0.2, 0.25) is 0 Å². The number of carbonyl (C=O) groups excluding carboxylic acids is 1. The second kappa shape index (κ2) is 6.02. The zero-order chi connectivity index (χ0) is 13.8. The van der Waals surface area contributed by atoms with E-state index in [1.807, 2.05) is 23.8 Å². The van der Waals surface area contributed by atoms with Crippen molar-refractivity contribution in [3.05, 3.63) is 58.1 Å². The van der Waals surface area contributed by atoms with Crippen molar-refractivity contribution < 1.29 is 9.18 Å². The first-order valence-electron chi connectivity index (χ1n) is 5.99. The Hall–Kier alpha value is -1.62. The van der Waals surface area contributed by atoms with Gasteiger partial charge in [-0.2, -0.15) is 0 Å². The number of halogens is 2. The van der Waals surface area contributed by atoms with Crippen molar-refractivity contribution in [2.75, 3.05) is 0 Å². The predicted octanol–water partition coefficient (Wildman–Crippen LogP) is 3.34. The largest absolute Gasteiger partial charge is 0.347 e. The van der Waals surface area contributed by atoms with Gasteiger partial charge in [0.15, 0.2) is 0 Å². The fraction of sp³-hybridized carbons (Fsp3) is 0.214. The first-order valence-corrected chi connectivity index (χ1v) is 6.78. The molecule has 0 spiro atoms. The maximum atomic E-state index is 13.5. The molecule has 1 heterocycles. The van der Waals surface area contributed by atoms with Crippen molar-refractivity contribution in [1.29, 1.82) is 0 Å². The van der Waals surface area contributed by atoms with Gasteiger partial charge in [0.05, 0.1) is 0 Å². The Morgan fingerprint density at radius 3 is 2.95 bits per heavy atom. The Labute approximate surface area is 119 Å². The number of nitrogens with one attached hydrogen (secondary N) is 1. The molecule has 0 saturated carbocycles. The molecule has 3 nitrogen and oxygen atoms in total. The maximum absolute atomic E-state index is 13.5. The molecule has 0 saturated heterocycles. The lowest BCUT2D eigenvalue weighted by molar-refractivity contribution is 0.0941. The average molecular weight is 325 g/mol. The molecule has 5 heteroatoms. The van der Waals surface area contributed by atoms with Crippen LogP contribution in [-0.2, 0) is 13.1 Å². The lowest BCUT2D eigenvalue weighted by Gasteiger charge is -2.09. The highest BCUT2D eigenvalue weighted by molar-refractivity contribution is 9.10. The van der Waals surface area contributed by atoms with Gasteiger partial charge in [0.25, 0.3) is 5.91 Å². The predicted molar refractivity (Wildman–Crippen MR) is 75.4 cm³/mol. The SMILES string of the molecule is CCn1cccc1C(=O)NCc1cc(Br)ccc1F. The van der Waals surface area contributed by atoms with Gasteiger partial charge in [-0.1, -0.05) is 15.9 Å². The van der Waals surface area contributed by atoms with Crippen molar-refractivity contribution >= 4 is 21.8 Å². The van der Waals surface area contributed by atoms with Gasteiger partial charge in [-0.25, -0.2) is 4.39 Å². The quantitative estimate of drug-likeness (QED) is 0.919. The van der Waals surface area contributed by atoms with Crippen LogP contribution in [0.25, 0.3) is 0 Å². The van der Waals surface area contributed by atoms with E-state index in [0.29, 0.717) is 11.3 Å². The number of hydrogen-bond acceptors (Lipinski definition) is 1. The Morgan fingerprint density at radius 2 is 2.21 bits per heavy atom. The number of aromatic nitrogens is 1. The molecule has 0 aliphatic rings. The van der Waals surface area contributed by atoms with Gasteiger partial charge in [0, 0.05) is 29.3 Å². The van der Waals surface area contributed by atoms with E-state index in [9.17, 15) is 9.18 Å². The molecule has 0 aliphatic carbocycles. The summed E-state index contributed by atoms with van der Waals surface area (Å²) in [5, 5.41) is 2.72. The van der Waals surface area contributed by atoms with E-state index >= 15 is 0 Å². The standard InChI is InChI=1S/C14H14BrFN2O/c1-2-18-7-3-4-13(18)14(19)17-9-10-8-11(15)5-6-12(10)16/h3-8H,2,9H2,1H3,(H,17,19). The minimum absolute atomic E-state index is 0.166. The van der Waals surface area contributed by atoms with Crippen molar-refractivity contribution in [2.45, 2.75) is 20.0 Å². The van der Waals surface area contributed by atoms with E-state index in [-0.39, 0.29) is 18.3 Å². The third kappa shape index (κ3) is 3.23. The molecule has 0 atom stereocenters. The summed E-state index contributed by atoms with van der Waals surface area (Å²) in [6.07, 6.45) is 1.84. The summed E-state index contributed by atoms with van der Waals surface area (Å²) in [5.41, 5.74) is 1.04. The summed E-state index contributed by atoms with van der Waals surface area (Å²) < 4.78 is 16.2. The molecule has 100 valence electrons. The average Bonchev–Trinajstić information content (AvgIpc) is 2.88. The number of aryl methyl sites for hydroxylation is 1. The number of nitrogens with zero attached hydrogens (tertiary/aromatic N) is 1. The first kappa shape index (κ1) is 13.8. The molecule has 2 aromatic rings. The van der Waals surface area contributed by atoms with Crippen LogP contribution in [0.4, 0.5) is 4.39 Å². The van der Waals surface area contributed by atoms with Crippen LogP contribution in [0.1, 0.15) is 23.0 Å². The van der Waals surface area contributed by atoms with Gasteiger partial charge in [-0.05, 0) is 37.3 Å². The normalized spacial score (nSPS) is 10.5. The fourth-order valence-corrected chi connectivity index (χ4v) is 2.25. The number of carbonyl (C=O) groups is 1.